The zero-order valence-corrected chi connectivity index (χ0v) is 14.2. The maximum absolute atomic E-state index is 11.9. The molecule has 2 aromatic rings. The molecule has 0 unspecified atom stereocenters. The summed E-state index contributed by atoms with van der Waals surface area (Å²) in [6.45, 7) is 5.17. The van der Waals surface area contributed by atoms with E-state index in [0.29, 0.717) is 24.4 Å². The van der Waals surface area contributed by atoms with Crippen LogP contribution in [0, 0.1) is 0 Å². The van der Waals surface area contributed by atoms with E-state index in [0.717, 1.165) is 11.8 Å². The summed E-state index contributed by atoms with van der Waals surface area (Å²) in [7, 11) is 0. The van der Waals surface area contributed by atoms with Crippen LogP contribution in [0.15, 0.2) is 28.8 Å². The molecule has 26 heavy (non-hydrogen) atoms. The number of alkyl halides is 3. The number of nitrogens with zero attached hydrogens (tertiary/aromatic N) is 1. The van der Waals surface area contributed by atoms with Crippen molar-refractivity contribution in [3.8, 4) is 0 Å². The number of aliphatic carboxylic acids is 1. The molecule has 0 aliphatic heterocycles. The number of carbonyl (C=O) groups is 2. The van der Waals surface area contributed by atoms with Gasteiger partial charge in [-0.15, -0.1) is 0 Å². The predicted octanol–water partition coefficient (Wildman–Crippen LogP) is 3.01. The normalized spacial score (nSPS) is 11.2. The molecule has 0 atom stereocenters. The van der Waals surface area contributed by atoms with Crippen molar-refractivity contribution in [2.24, 2.45) is 0 Å². The molecule has 2 N–H and O–H groups in total. The number of carboxylic acid groups (broad SMARTS) is 1. The Hall–Kier alpha value is -2.62. The van der Waals surface area contributed by atoms with Gasteiger partial charge in [-0.25, -0.2) is 4.79 Å². The van der Waals surface area contributed by atoms with Gasteiger partial charge < -0.3 is 19.7 Å². The number of carbonyl (C=O) groups excluding carboxylic acids is 1. The molecule has 0 spiro atoms. The molecule has 1 amide bonds. The van der Waals surface area contributed by atoms with Crippen molar-refractivity contribution in [1.29, 1.82) is 0 Å². The van der Waals surface area contributed by atoms with Gasteiger partial charge in [0.25, 0.3) is 5.91 Å². The number of fused-ring (bicyclic) bond motifs is 1. The summed E-state index contributed by atoms with van der Waals surface area (Å²) in [5.41, 5.74) is 0.955. The van der Waals surface area contributed by atoms with Gasteiger partial charge in [0, 0.05) is 13.2 Å². The first-order valence-electron chi connectivity index (χ1n) is 7.67. The van der Waals surface area contributed by atoms with Crippen LogP contribution in [0.25, 0.3) is 11.0 Å². The van der Waals surface area contributed by atoms with E-state index in [9.17, 15) is 18.0 Å². The van der Waals surface area contributed by atoms with Crippen LogP contribution in [0.5, 0.6) is 0 Å². The predicted molar refractivity (Wildman–Crippen MR) is 85.7 cm³/mol. The molecule has 0 aliphatic carbocycles. The van der Waals surface area contributed by atoms with Gasteiger partial charge in [0.05, 0.1) is 11.5 Å². The number of benzene rings is 1. The first kappa shape index (κ1) is 21.4. The summed E-state index contributed by atoms with van der Waals surface area (Å²) in [5, 5.41) is 14.5. The lowest BCUT2D eigenvalue weighted by Gasteiger charge is -2.07. The molecule has 0 saturated heterocycles. The maximum atomic E-state index is 11.9. The molecule has 0 aliphatic rings. The second-order valence-electron chi connectivity index (χ2n) is 5.36. The van der Waals surface area contributed by atoms with Crippen molar-refractivity contribution in [2.45, 2.75) is 32.5 Å². The number of ether oxygens (including phenoxy) is 1. The van der Waals surface area contributed by atoms with Gasteiger partial charge in [-0.3, -0.25) is 4.79 Å². The van der Waals surface area contributed by atoms with E-state index in [1.165, 1.54) is 0 Å². The van der Waals surface area contributed by atoms with Gasteiger partial charge in [0.1, 0.15) is 0 Å². The van der Waals surface area contributed by atoms with Crippen molar-refractivity contribution in [1.82, 2.24) is 10.5 Å². The Morgan fingerprint density at radius 2 is 1.92 bits per heavy atom. The zero-order valence-electron chi connectivity index (χ0n) is 14.2. The van der Waals surface area contributed by atoms with E-state index < -0.39 is 12.1 Å². The molecule has 144 valence electrons. The van der Waals surface area contributed by atoms with E-state index in [4.69, 9.17) is 19.2 Å². The number of carboxylic acids is 1. The standard InChI is InChI=1S/C14H18N2O3.C2HF3O2/c1-10(2)18-9-5-8-15-14(17)13-11-6-3-4-7-12(11)19-16-13;3-2(4,5)1(6)7/h3-4,6-7,10H,5,8-9H2,1-2H3,(H,15,17);(H,6,7). The molecule has 10 heteroatoms. The lowest BCUT2D eigenvalue weighted by molar-refractivity contribution is -0.192. The Balaban J connectivity index is 0.000000412. The van der Waals surface area contributed by atoms with E-state index >= 15 is 0 Å². The van der Waals surface area contributed by atoms with Crippen LogP contribution in [0.4, 0.5) is 13.2 Å². The van der Waals surface area contributed by atoms with E-state index in [1.807, 2.05) is 32.0 Å². The molecule has 0 bridgehead atoms. The average Bonchev–Trinajstić information content (AvgIpc) is 2.98. The second-order valence-corrected chi connectivity index (χ2v) is 5.36. The molecular weight excluding hydrogens is 357 g/mol. The minimum atomic E-state index is -5.08. The second kappa shape index (κ2) is 9.76. The van der Waals surface area contributed by atoms with Crippen LogP contribution in [0.2, 0.25) is 0 Å². The number of rotatable bonds is 6. The van der Waals surface area contributed by atoms with Crippen LogP contribution in [0.3, 0.4) is 0 Å². The molecule has 0 fully saturated rings. The lowest BCUT2D eigenvalue weighted by Crippen LogP contribution is -2.26. The Morgan fingerprint density at radius 1 is 1.31 bits per heavy atom. The number of halogens is 3. The highest BCUT2D eigenvalue weighted by Crippen LogP contribution is 2.17. The monoisotopic (exact) mass is 376 g/mol. The van der Waals surface area contributed by atoms with Crippen molar-refractivity contribution < 1.29 is 37.1 Å². The third kappa shape index (κ3) is 7.09. The quantitative estimate of drug-likeness (QED) is 0.752. The molecule has 7 nitrogen and oxygen atoms in total. The molecule has 2 rings (SSSR count). The molecule has 1 aromatic carbocycles. The molecule has 1 aromatic heterocycles. The molecule has 1 heterocycles. The van der Waals surface area contributed by atoms with Crippen molar-refractivity contribution in [3.63, 3.8) is 0 Å². The largest absolute Gasteiger partial charge is 0.490 e. The number of aromatic nitrogens is 1. The summed E-state index contributed by atoms with van der Waals surface area (Å²) in [6.07, 6.45) is -4.09. The number of para-hydroxylation sites is 1. The summed E-state index contributed by atoms with van der Waals surface area (Å²) in [5.74, 6) is -2.97. The molecular formula is C16H19F3N2O5. The highest BCUT2D eigenvalue weighted by molar-refractivity contribution is 6.03. The van der Waals surface area contributed by atoms with Crippen LogP contribution in [0.1, 0.15) is 30.8 Å². The third-order valence-electron chi connectivity index (χ3n) is 2.89. The number of hydrogen-bond acceptors (Lipinski definition) is 5. The summed E-state index contributed by atoms with van der Waals surface area (Å²) >= 11 is 0. The van der Waals surface area contributed by atoms with E-state index in [2.05, 4.69) is 10.5 Å². The molecule has 0 saturated carbocycles. The van der Waals surface area contributed by atoms with Crippen molar-refractivity contribution in [2.75, 3.05) is 13.2 Å². The number of hydrogen-bond donors (Lipinski definition) is 2. The Labute approximate surface area is 147 Å². The fourth-order valence-corrected chi connectivity index (χ4v) is 1.73. The van der Waals surface area contributed by atoms with Crippen molar-refractivity contribution >= 4 is 22.8 Å². The fourth-order valence-electron chi connectivity index (χ4n) is 1.73. The summed E-state index contributed by atoms with van der Waals surface area (Å²) < 4.78 is 42.2. The van der Waals surface area contributed by atoms with Crippen molar-refractivity contribution in [3.05, 3.63) is 30.0 Å². The zero-order chi connectivity index (χ0) is 19.7. The number of nitrogens with one attached hydrogen (secondary N) is 1. The Kier molecular flexibility index (Phi) is 8.04. The Bertz CT molecular complexity index is 728. The van der Waals surface area contributed by atoms with Crippen LogP contribution in [-0.2, 0) is 9.53 Å². The minimum Gasteiger partial charge on any atom is -0.475 e. The maximum Gasteiger partial charge on any atom is 0.490 e. The third-order valence-corrected chi connectivity index (χ3v) is 2.89. The van der Waals surface area contributed by atoms with Gasteiger partial charge in [-0.1, -0.05) is 17.3 Å². The number of amides is 1. The topological polar surface area (TPSA) is 102 Å². The first-order chi connectivity index (χ1) is 12.1. The molecule has 0 radical (unpaired) electrons. The average molecular weight is 376 g/mol. The van der Waals surface area contributed by atoms with Crippen LogP contribution in [-0.4, -0.2) is 47.6 Å². The smallest absolute Gasteiger partial charge is 0.475 e. The van der Waals surface area contributed by atoms with Gasteiger partial charge in [-0.2, -0.15) is 13.2 Å². The van der Waals surface area contributed by atoms with Gasteiger partial charge >= 0.3 is 12.1 Å². The first-order valence-corrected chi connectivity index (χ1v) is 7.67. The van der Waals surface area contributed by atoms with E-state index in [-0.39, 0.29) is 12.0 Å². The highest BCUT2D eigenvalue weighted by Gasteiger charge is 2.38. The van der Waals surface area contributed by atoms with Gasteiger partial charge in [0.15, 0.2) is 11.3 Å². The highest BCUT2D eigenvalue weighted by atomic mass is 19.4. The summed E-state index contributed by atoms with van der Waals surface area (Å²) in [4.78, 5) is 20.8. The fraction of sp³-hybridized carbons (Fsp3) is 0.438. The summed E-state index contributed by atoms with van der Waals surface area (Å²) in [6, 6.07) is 7.31. The van der Waals surface area contributed by atoms with Gasteiger partial charge in [-0.05, 0) is 32.4 Å². The lowest BCUT2D eigenvalue weighted by atomic mass is 10.2. The minimum absolute atomic E-state index is 0.213. The Morgan fingerprint density at radius 3 is 2.50 bits per heavy atom. The van der Waals surface area contributed by atoms with Crippen LogP contribution < -0.4 is 5.32 Å². The SMILES string of the molecule is CC(C)OCCCNC(=O)c1noc2ccccc12.O=C(O)C(F)(F)F. The van der Waals surface area contributed by atoms with Gasteiger partial charge in [0.2, 0.25) is 0 Å². The van der Waals surface area contributed by atoms with E-state index in [1.54, 1.807) is 6.07 Å². The van der Waals surface area contributed by atoms with Crippen LogP contribution >= 0.6 is 0 Å².